The number of ether oxygens (including phenoxy) is 1. The lowest BCUT2D eigenvalue weighted by molar-refractivity contribution is 0.447. The molecule has 1 heterocycles. The molecule has 2 aromatic rings. The summed E-state index contributed by atoms with van der Waals surface area (Å²) in [6, 6.07) is 4.82. The van der Waals surface area contributed by atoms with Crippen molar-refractivity contribution in [2.75, 3.05) is 0 Å². The molecule has 0 aliphatic heterocycles. The first-order chi connectivity index (χ1) is 8.61. The summed E-state index contributed by atoms with van der Waals surface area (Å²) in [7, 11) is 0. The topological polar surface area (TPSA) is 48.1 Å². The number of hydrogen-bond donors (Lipinski definition) is 1. The Hall–Kier alpha value is -1.72. The van der Waals surface area contributed by atoms with Gasteiger partial charge in [-0.1, -0.05) is 11.6 Å². The Morgan fingerprint density at radius 2 is 2.00 bits per heavy atom. The zero-order valence-electron chi connectivity index (χ0n) is 9.16. The molecule has 94 valence electrons. The summed E-state index contributed by atoms with van der Waals surface area (Å²) in [6.07, 6.45) is 1.48. The molecule has 0 amide bonds. The third-order valence-corrected chi connectivity index (χ3v) is 2.67. The van der Waals surface area contributed by atoms with Gasteiger partial charge in [0.05, 0.1) is 0 Å². The van der Waals surface area contributed by atoms with Crippen LogP contribution in [0.3, 0.4) is 0 Å². The molecule has 1 aromatic heterocycles. The highest BCUT2D eigenvalue weighted by molar-refractivity contribution is 6.32. The van der Waals surface area contributed by atoms with Crippen molar-refractivity contribution in [1.82, 2.24) is 4.98 Å². The SMILES string of the molecule is NCc1ccnc(Oc2ccc(F)c(F)c2)c1Cl. The molecule has 6 heteroatoms. The van der Waals surface area contributed by atoms with E-state index in [4.69, 9.17) is 22.1 Å². The highest BCUT2D eigenvalue weighted by atomic mass is 35.5. The van der Waals surface area contributed by atoms with E-state index in [1.807, 2.05) is 0 Å². The van der Waals surface area contributed by atoms with Gasteiger partial charge in [-0.05, 0) is 23.8 Å². The molecule has 1 aromatic carbocycles. The van der Waals surface area contributed by atoms with Crippen molar-refractivity contribution < 1.29 is 13.5 Å². The summed E-state index contributed by atoms with van der Waals surface area (Å²) in [6.45, 7) is 0.232. The molecule has 0 radical (unpaired) electrons. The lowest BCUT2D eigenvalue weighted by atomic mass is 10.2. The first-order valence-corrected chi connectivity index (χ1v) is 5.46. The van der Waals surface area contributed by atoms with Crippen LogP contribution >= 0.6 is 11.6 Å². The Bertz CT molecular complexity index is 578. The monoisotopic (exact) mass is 270 g/mol. The number of hydrogen-bond acceptors (Lipinski definition) is 3. The average Bonchev–Trinajstić information content (AvgIpc) is 2.36. The van der Waals surface area contributed by atoms with Gasteiger partial charge < -0.3 is 10.5 Å². The van der Waals surface area contributed by atoms with Gasteiger partial charge in [0.25, 0.3) is 0 Å². The van der Waals surface area contributed by atoms with Crippen LogP contribution in [0.15, 0.2) is 30.5 Å². The standard InChI is InChI=1S/C12H9ClF2N2O/c13-11-7(6-16)3-4-17-12(11)18-8-1-2-9(14)10(15)5-8/h1-5H,6,16H2. The van der Waals surface area contributed by atoms with Crippen molar-refractivity contribution in [3.8, 4) is 11.6 Å². The number of rotatable bonds is 3. The molecule has 0 unspecified atom stereocenters. The largest absolute Gasteiger partial charge is 0.437 e. The Morgan fingerprint density at radius 3 is 2.67 bits per heavy atom. The molecule has 0 atom stereocenters. The van der Waals surface area contributed by atoms with E-state index in [9.17, 15) is 8.78 Å². The number of aromatic nitrogens is 1. The van der Waals surface area contributed by atoms with Gasteiger partial charge >= 0.3 is 0 Å². The fourth-order valence-electron chi connectivity index (χ4n) is 1.34. The van der Waals surface area contributed by atoms with E-state index in [0.29, 0.717) is 5.56 Å². The first-order valence-electron chi connectivity index (χ1n) is 5.08. The summed E-state index contributed by atoms with van der Waals surface area (Å²) in [5, 5.41) is 0.254. The maximum atomic E-state index is 13.0. The molecular formula is C12H9ClF2N2O. The molecular weight excluding hydrogens is 262 g/mol. The average molecular weight is 271 g/mol. The van der Waals surface area contributed by atoms with Gasteiger partial charge in [-0.2, -0.15) is 0 Å². The highest BCUT2D eigenvalue weighted by Crippen LogP contribution is 2.30. The Balaban J connectivity index is 2.31. The maximum Gasteiger partial charge on any atom is 0.238 e. The summed E-state index contributed by atoms with van der Waals surface area (Å²) in [5.74, 6) is -1.74. The number of nitrogens with two attached hydrogens (primary N) is 1. The fraction of sp³-hybridized carbons (Fsp3) is 0.0833. The van der Waals surface area contributed by atoms with Crippen LogP contribution in [-0.4, -0.2) is 4.98 Å². The molecule has 18 heavy (non-hydrogen) atoms. The smallest absolute Gasteiger partial charge is 0.238 e. The second-order valence-electron chi connectivity index (χ2n) is 3.47. The van der Waals surface area contributed by atoms with Gasteiger partial charge in [-0.25, -0.2) is 13.8 Å². The van der Waals surface area contributed by atoms with Crippen LogP contribution in [0.1, 0.15) is 5.56 Å². The molecule has 0 saturated heterocycles. The summed E-state index contributed by atoms with van der Waals surface area (Å²) in [4.78, 5) is 3.91. The Morgan fingerprint density at radius 1 is 1.22 bits per heavy atom. The van der Waals surface area contributed by atoms with Crippen LogP contribution in [0, 0.1) is 11.6 Å². The van der Waals surface area contributed by atoms with E-state index >= 15 is 0 Å². The van der Waals surface area contributed by atoms with Crippen molar-refractivity contribution in [2.24, 2.45) is 5.73 Å². The number of halogens is 3. The molecule has 0 fully saturated rings. The summed E-state index contributed by atoms with van der Waals surface area (Å²) >= 11 is 5.99. The summed E-state index contributed by atoms with van der Waals surface area (Å²) in [5.41, 5.74) is 6.14. The van der Waals surface area contributed by atoms with Crippen LogP contribution in [-0.2, 0) is 6.54 Å². The third-order valence-electron chi connectivity index (χ3n) is 2.26. The van der Waals surface area contributed by atoms with Crippen LogP contribution in [0.4, 0.5) is 8.78 Å². The number of pyridine rings is 1. The first kappa shape index (κ1) is 12.7. The predicted octanol–water partition coefficient (Wildman–Crippen LogP) is 3.26. The maximum absolute atomic E-state index is 13.0. The Kier molecular flexibility index (Phi) is 3.74. The van der Waals surface area contributed by atoms with Gasteiger partial charge in [0.1, 0.15) is 10.8 Å². The molecule has 0 aliphatic rings. The van der Waals surface area contributed by atoms with Crippen molar-refractivity contribution in [1.29, 1.82) is 0 Å². The lowest BCUT2D eigenvalue weighted by Crippen LogP contribution is -1.99. The van der Waals surface area contributed by atoms with Gasteiger partial charge in [0.2, 0.25) is 5.88 Å². The van der Waals surface area contributed by atoms with Crippen molar-refractivity contribution >= 4 is 11.6 Å². The van der Waals surface area contributed by atoms with Crippen LogP contribution < -0.4 is 10.5 Å². The van der Waals surface area contributed by atoms with Crippen LogP contribution in [0.2, 0.25) is 5.02 Å². The van der Waals surface area contributed by atoms with Gasteiger partial charge in [0.15, 0.2) is 11.6 Å². The zero-order chi connectivity index (χ0) is 13.1. The van der Waals surface area contributed by atoms with Crippen molar-refractivity contribution in [3.63, 3.8) is 0 Å². The lowest BCUT2D eigenvalue weighted by Gasteiger charge is -2.08. The molecule has 2 N–H and O–H groups in total. The molecule has 0 saturated carbocycles. The van der Waals surface area contributed by atoms with Gasteiger partial charge in [-0.3, -0.25) is 0 Å². The number of benzene rings is 1. The molecule has 3 nitrogen and oxygen atoms in total. The third kappa shape index (κ3) is 2.57. The fourth-order valence-corrected chi connectivity index (χ4v) is 1.57. The van der Waals surface area contributed by atoms with Gasteiger partial charge in [-0.15, -0.1) is 0 Å². The Labute approximate surface area is 107 Å². The minimum atomic E-state index is -1.00. The van der Waals surface area contributed by atoms with E-state index in [0.717, 1.165) is 12.1 Å². The predicted molar refractivity (Wildman–Crippen MR) is 63.6 cm³/mol. The van der Waals surface area contributed by atoms with Crippen molar-refractivity contribution in [2.45, 2.75) is 6.54 Å². The summed E-state index contributed by atoms with van der Waals surface area (Å²) < 4.78 is 31.0. The minimum Gasteiger partial charge on any atom is -0.437 e. The van der Waals surface area contributed by atoms with Crippen molar-refractivity contribution in [3.05, 3.63) is 52.7 Å². The van der Waals surface area contributed by atoms with Gasteiger partial charge in [0, 0.05) is 18.8 Å². The van der Waals surface area contributed by atoms with E-state index in [1.165, 1.54) is 12.3 Å². The molecule has 0 spiro atoms. The van der Waals surface area contributed by atoms with E-state index in [1.54, 1.807) is 6.07 Å². The van der Waals surface area contributed by atoms with E-state index in [2.05, 4.69) is 4.98 Å². The number of nitrogens with zero attached hydrogens (tertiary/aromatic N) is 1. The minimum absolute atomic E-state index is 0.102. The van der Waals surface area contributed by atoms with E-state index < -0.39 is 11.6 Å². The molecule has 0 aliphatic carbocycles. The zero-order valence-corrected chi connectivity index (χ0v) is 9.92. The second-order valence-corrected chi connectivity index (χ2v) is 3.85. The van der Waals surface area contributed by atoms with Crippen LogP contribution in [0.25, 0.3) is 0 Å². The normalized spacial score (nSPS) is 10.4. The van der Waals surface area contributed by atoms with Crippen LogP contribution in [0.5, 0.6) is 11.6 Å². The van der Waals surface area contributed by atoms with E-state index in [-0.39, 0.29) is 23.2 Å². The quantitative estimate of drug-likeness (QED) is 0.931. The highest BCUT2D eigenvalue weighted by Gasteiger charge is 2.10. The second kappa shape index (κ2) is 5.29. The molecule has 0 bridgehead atoms. The molecule has 2 rings (SSSR count).